The van der Waals surface area contributed by atoms with Crippen molar-refractivity contribution in [2.75, 3.05) is 5.73 Å². The van der Waals surface area contributed by atoms with E-state index in [1.54, 1.807) is 7.05 Å². The molecule has 0 aliphatic carbocycles. The molecule has 1 aromatic heterocycles. The maximum absolute atomic E-state index is 11.0. The molecule has 0 radical (unpaired) electrons. The Morgan fingerprint density at radius 3 is 2.73 bits per heavy atom. The molecule has 0 unspecified atom stereocenters. The second-order valence-corrected chi connectivity index (χ2v) is 3.42. The number of para-hydroxylation sites is 1. The van der Waals surface area contributed by atoms with Crippen molar-refractivity contribution in [1.82, 2.24) is 4.74 Å². The summed E-state index contributed by atoms with van der Waals surface area (Å²) in [5.41, 5.74) is 8.02. The number of anilines is 1. The molecular weight excluding hydrogens is 192 g/mol. The highest BCUT2D eigenvalue weighted by molar-refractivity contribution is 5.47. The first kappa shape index (κ1) is 9.58. The molecule has 2 rings (SSSR count). The third-order valence-electron chi connectivity index (χ3n) is 2.34. The molecule has 0 fully saturated rings. The van der Waals surface area contributed by atoms with Crippen molar-refractivity contribution in [2.24, 2.45) is 7.05 Å². The monoisotopic (exact) mass is 204 g/mol. The molecular formula is C11H12N2O2. The number of nitrogens with two attached hydrogens (primary N) is 1. The number of aryl methyl sites for hydroxylation is 1. The van der Waals surface area contributed by atoms with E-state index in [9.17, 15) is 4.79 Å². The summed E-state index contributed by atoms with van der Waals surface area (Å²) >= 11 is 0. The Bertz CT molecular complexity index is 525. The highest BCUT2D eigenvalue weighted by Crippen LogP contribution is 2.14. The van der Waals surface area contributed by atoms with Crippen LogP contribution in [-0.2, 0) is 13.5 Å². The van der Waals surface area contributed by atoms with Crippen molar-refractivity contribution < 1.29 is 4.52 Å². The van der Waals surface area contributed by atoms with Crippen LogP contribution in [0.5, 0.6) is 0 Å². The van der Waals surface area contributed by atoms with E-state index in [0.717, 1.165) is 16.9 Å². The molecule has 0 saturated heterocycles. The minimum absolute atomic E-state index is 0.331. The first-order valence-electron chi connectivity index (χ1n) is 4.66. The maximum atomic E-state index is 11.0. The molecule has 4 nitrogen and oxygen atoms in total. The van der Waals surface area contributed by atoms with E-state index in [4.69, 9.17) is 10.3 Å². The van der Waals surface area contributed by atoms with Gasteiger partial charge in [-0.3, -0.25) is 0 Å². The van der Waals surface area contributed by atoms with Crippen LogP contribution in [0.2, 0.25) is 0 Å². The first-order valence-corrected chi connectivity index (χ1v) is 4.66. The molecule has 0 spiro atoms. The minimum atomic E-state index is -0.331. The number of nitrogens with zero attached hydrogens (tertiary/aromatic N) is 1. The van der Waals surface area contributed by atoms with Crippen LogP contribution in [0.1, 0.15) is 11.3 Å². The Morgan fingerprint density at radius 2 is 2.13 bits per heavy atom. The number of hydrogen-bond donors (Lipinski definition) is 1. The zero-order valence-electron chi connectivity index (χ0n) is 8.43. The maximum Gasteiger partial charge on any atom is 0.357 e. The average molecular weight is 204 g/mol. The van der Waals surface area contributed by atoms with Gasteiger partial charge in [0, 0.05) is 25.2 Å². The molecule has 0 bridgehead atoms. The standard InChI is InChI=1S/C11H12N2O2/c1-13-9(7-11(14)15-13)6-8-4-2-3-5-10(8)12/h2-5,7H,6,12H2,1H3. The second-order valence-electron chi connectivity index (χ2n) is 3.42. The van der Waals surface area contributed by atoms with Gasteiger partial charge in [0.05, 0.1) is 5.69 Å². The summed E-state index contributed by atoms with van der Waals surface area (Å²) in [6, 6.07) is 9.06. The van der Waals surface area contributed by atoms with Crippen LogP contribution in [0.3, 0.4) is 0 Å². The average Bonchev–Trinajstić information content (AvgIpc) is 2.49. The zero-order valence-corrected chi connectivity index (χ0v) is 8.43. The van der Waals surface area contributed by atoms with Crippen LogP contribution in [0, 0.1) is 0 Å². The summed E-state index contributed by atoms with van der Waals surface area (Å²) in [6.07, 6.45) is 0.606. The summed E-state index contributed by atoms with van der Waals surface area (Å²) in [4.78, 5) is 11.0. The normalized spacial score (nSPS) is 10.5. The number of benzene rings is 1. The molecule has 0 aliphatic rings. The lowest BCUT2D eigenvalue weighted by atomic mass is 10.1. The summed E-state index contributed by atoms with van der Waals surface area (Å²) < 4.78 is 6.31. The molecule has 0 amide bonds. The molecule has 1 aromatic carbocycles. The van der Waals surface area contributed by atoms with E-state index >= 15 is 0 Å². The third kappa shape index (κ3) is 1.93. The van der Waals surface area contributed by atoms with Gasteiger partial charge in [-0.25, -0.2) is 9.53 Å². The molecule has 0 aliphatic heterocycles. The smallest absolute Gasteiger partial charge is 0.357 e. The van der Waals surface area contributed by atoms with E-state index in [-0.39, 0.29) is 5.63 Å². The van der Waals surface area contributed by atoms with Crippen LogP contribution in [0.25, 0.3) is 0 Å². The summed E-state index contributed by atoms with van der Waals surface area (Å²) in [5, 5.41) is 0. The van der Waals surface area contributed by atoms with E-state index in [0.29, 0.717) is 6.42 Å². The van der Waals surface area contributed by atoms with E-state index in [2.05, 4.69) is 0 Å². The molecule has 2 aromatic rings. The van der Waals surface area contributed by atoms with Gasteiger partial charge in [-0.05, 0) is 11.6 Å². The Labute approximate surface area is 86.9 Å². The highest BCUT2D eigenvalue weighted by Gasteiger charge is 2.06. The second kappa shape index (κ2) is 3.65. The summed E-state index contributed by atoms with van der Waals surface area (Å²) in [6.45, 7) is 0. The van der Waals surface area contributed by atoms with Gasteiger partial charge < -0.3 is 10.3 Å². The predicted octanol–water partition coefficient (Wildman–Crippen LogP) is 1.15. The Morgan fingerprint density at radius 1 is 1.40 bits per heavy atom. The number of nitrogen functional groups attached to an aromatic ring is 1. The molecule has 0 saturated carbocycles. The molecule has 78 valence electrons. The number of aromatic nitrogens is 1. The predicted molar refractivity (Wildman–Crippen MR) is 57.6 cm³/mol. The Balaban J connectivity index is 2.33. The van der Waals surface area contributed by atoms with Gasteiger partial charge in [0.2, 0.25) is 0 Å². The molecule has 2 N–H and O–H groups in total. The van der Waals surface area contributed by atoms with Gasteiger partial charge in [0.1, 0.15) is 0 Å². The van der Waals surface area contributed by atoms with Crippen molar-refractivity contribution in [2.45, 2.75) is 6.42 Å². The van der Waals surface area contributed by atoms with Crippen molar-refractivity contribution in [3.05, 3.63) is 52.0 Å². The topological polar surface area (TPSA) is 61.2 Å². The quantitative estimate of drug-likeness (QED) is 0.746. The van der Waals surface area contributed by atoms with Crippen LogP contribution in [0.4, 0.5) is 5.69 Å². The van der Waals surface area contributed by atoms with Crippen LogP contribution in [0.15, 0.2) is 39.6 Å². The Hall–Kier alpha value is -1.97. The van der Waals surface area contributed by atoms with Gasteiger partial charge in [-0.15, -0.1) is 0 Å². The zero-order chi connectivity index (χ0) is 10.8. The van der Waals surface area contributed by atoms with Crippen molar-refractivity contribution >= 4 is 5.69 Å². The van der Waals surface area contributed by atoms with Crippen LogP contribution >= 0.6 is 0 Å². The largest absolute Gasteiger partial charge is 0.398 e. The first-order chi connectivity index (χ1) is 7.16. The highest BCUT2D eigenvalue weighted by atomic mass is 16.5. The molecule has 0 atom stereocenters. The molecule has 4 heteroatoms. The van der Waals surface area contributed by atoms with Crippen molar-refractivity contribution in [1.29, 1.82) is 0 Å². The van der Waals surface area contributed by atoms with Crippen molar-refractivity contribution in [3.8, 4) is 0 Å². The lowest BCUT2D eigenvalue weighted by Crippen LogP contribution is -1.99. The van der Waals surface area contributed by atoms with Crippen LogP contribution in [-0.4, -0.2) is 4.74 Å². The number of hydrogen-bond acceptors (Lipinski definition) is 3. The van der Waals surface area contributed by atoms with Gasteiger partial charge in [-0.1, -0.05) is 18.2 Å². The fourth-order valence-electron chi connectivity index (χ4n) is 1.50. The molecule has 1 heterocycles. The third-order valence-corrected chi connectivity index (χ3v) is 2.34. The fourth-order valence-corrected chi connectivity index (χ4v) is 1.50. The van der Waals surface area contributed by atoms with E-state index in [1.807, 2.05) is 24.3 Å². The Kier molecular flexibility index (Phi) is 2.33. The fraction of sp³-hybridized carbons (Fsp3) is 0.182. The molecule has 15 heavy (non-hydrogen) atoms. The van der Waals surface area contributed by atoms with Crippen LogP contribution < -0.4 is 11.4 Å². The van der Waals surface area contributed by atoms with E-state index in [1.165, 1.54) is 10.8 Å². The minimum Gasteiger partial charge on any atom is -0.398 e. The van der Waals surface area contributed by atoms with Gasteiger partial charge in [0.15, 0.2) is 0 Å². The van der Waals surface area contributed by atoms with Gasteiger partial charge >= 0.3 is 5.63 Å². The SMILES string of the molecule is Cn1oc(=O)cc1Cc1ccccc1N. The summed E-state index contributed by atoms with van der Waals surface area (Å²) in [7, 11) is 1.70. The lowest BCUT2D eigenvalue weighted by molar-refractivity contribution is 0.278. The lowest BCUT2D eigenvalue weighted by Gasteiger charge is -2.04. The summed E-state index contributed by atoms with van der Waals surface area (Å²) in [5.74, 6) is 0. The number of rotatable bonds is 2. The van der Waals surface area contributed by atoms with Gasteiger partial charge in [-0.2, -0.15) is 0 Å². The van der Waals surface area contributed by atoms with E-state index < -0.39 is 0 Å². The van der Waals surface area contributed by atoms with Gasteiger partial charge in [0.25, 0.3) is 0 Å². The van der Waals surface area contributed by atoms with Crippen molar-refractivity contribution in [3.63, 3.8) is 0 Å².